The Morgan fingerprint density at radius 3 is 2.54 bits per heavy atom. The number of pyridine rings is 2. The molecule has 0 radical (unpaired) electrons. The summed E-state index contributed by atoms with van der Waals surface area (Å²) in [5.41, 5.74) is 5.50. The lowest BCUT2D eigenvalue weighted by atomic mass is 9.86. The quantitative estimate of drug-likeness (QED) is 0.349. The molecule has 7 heterocycles. The second kappa shape index (κ2) is 9.23. The summed E-state index contributed by atoms with van der Waals surface area (Å²) in [6, 6.07) is 11.5. The highest BCUT2D eigenvalue weighted by atomic mass is 19.1. The van der Waals surface area contributed by atoms with Crippen LogP contribution in [0.15, 0.2) is 73.7 Å². The molecule has 2 unspecified atom stereocenters. The van der Waals surface area contributed by atoms with Gasteiger partial charge >= 0.3 is 0 Å². The summed E-state index contributed by atoms with van der Waals surface area (Å²) in [5.74, 6) is 0.537. The summed E-state index contributed by atoms with van der Waals surface area (Å²) in [6.45, 7) is 1.47. The van der Waals surface area contributed by atoms with E-state index in [0.29, 0.717) is 5.69 Å². The minimum absolute atomic E-state index is 0.0425. The van der Waals surface area contributed by atoms with Crippen LogP contribution in [0.3, 0.4) is 0 Å². The van der Waals surface area contributed by atoms with Crippen LogP contribution in [-0.2, 0) is 18.3 Å². The van der Waals surface area contributed by atoms with Crippen LogP contribution >= 0.6 is 0 Å². The molecule has 0 N–H and O–H groups in total. The third-order valence-corrected chi connectivity index (χ3v) is 7.65. The first-order valence-electron chi connectivity index (χ1n) is 12.9. The Labute approximate surface area is 224 Å². The van der Waals surface area contributed by atoms with Crippen LogP contribution in [0.5, 0.6) is 0 Å². The molecule has 3 fully saturated rings. The highest BCUT2D eigenvalue weighted by Gasteiger charge is 2.47. The maximum Gasteiger partial charge on any atom is 0.229 e. The molecular formula is C29H25FN8O. The van der Waals surface area contributed by atoms with E-state index in [0.717, 1.165) is 64.7 Å². The van der Waals surface area contributed by atoms with Gasteiger partial charge in [-0.3, -0.25) is 14.5 Å². The van der Waals surface area contributed by atoms with E-state index in [1.165, 1.54) is 6.07 Å². The van der Waals surface area contributed by atoms with E-state index < -0.39 is 5.82 Å². The van der Waals surface area contributed by atoms with Gasteiger partial charge in [-0.05, 0) is 53.9 Å². The molecule has 0 spiro atoms. The molecule has 1 amide bonds. The molecule has 3 aliphatic heterocycles. The number of fused-ring (bicyclic) bond motifs is 3. The molecule has 9 nitrogen and oxygen atoms in total. The minimum Gasteiger partial charge on any atom is -0.352 e. The number of aryl methyl sites for hydroxylation is 1. The van der Waals surface area contributed by atoms with Crippen molar-refractivity contribution in [2.45, 2.75) is 24.9 Å². The van der Waals surface area contributed by atoms with Gasteiger partial charge in [0.05, 0.1) is 36.4 Å². The molecule has 194 valence electrons. The van der Waals surface area contributed by atoms with Crippen molar-refractivity contribution in [3.63, 3.8) is 0 Å². The van der Waals surface area contributed by atoms with Gasteiger partial charge in [0.25, 0.3) is 0 Å². The second-order valence-corrected chi connectivity index (χ2v) is 10.2. The number of amides is 1. The van der Waals surface area contributed by atoms with E-state index in [9.17, 15) is 9.18 Å². The zero-order valence-electron chi connectivity index (χ0n) is 21.3. The summed E-state index contributed by atoms with van der Waals surface area (Å²) in [6.07, 6.45) is 11.5. The molecule has 3 saturated heterocycles. The van der Waals surface area contributed by atoms with Gasteiger partial charge in [0.15, 0.2) is 0 Å². The van der Waals surface area contributed by atoms with Crippen LogP contribution in [-0.4, -0.2) is 65.7 Å². The highest BCUT2D eigenvalue weighted by Crippen LogP contribution is 2.36. The summed E-state index contributed by atoms with van der Waals surface area (Å²) in [7, 11) is 1.90. The van der Waals surface area contributed by atoms with Crippen molar-refractivity contribution in [3.8, 4) is 22.3 Å². The molecule has 2 atom stereocenters. The average molecular weight is 521 g/mol. The van der Waals surface area contributed by atoms with Gasteiger partial charge in [0.1, 0.15) is 18.0 Å². The Bertz CT molecular complexity index is 1670. The van der Waals surface area contributed by atoms with Crippen molar-refractivity contribution in [1.82, 2.24) is 34.6 Å². The van der Waals surface area contributed by atoms with Crippen molar-refractivity contribution in [2.24, 2.45) is 7.05 Å². The number of piperidine rings is 1. The van der Waals surface area contributed by atoms with Crippen molar-refractivity contribution in [1.29, 1.82) is 0 Å². The monoisotopic (exact) mass is 520 g/mol. The highest BCUT2D eigenvalue weighted by molar-refractivity contribution is 5.97. The van der Waals surface area contributed by atoms with Crippen LogP contribution in [0, 0.1) is 5.82 Å². The first kappa shape index (κ1) is 23.4. The van der Waals surface area contributed by atoms with Crippen molar-refractivity contribution in [2.75, 3.05) is 18.0 Å². The second-order valence-electron chi connectivity index (χ2n) is 10.2. The third kappa shape index (κ3) is 4.27. The van der Waals surface area contributed by atoms with Gasteiger partial charge in [-0.25, -0.2) is 19.3 Å². The molecule has 0 saturated carbocycles. The number of aromatic nitrogens is 6. The Morgan fingerprint density at radius 2 is 1.82 bits per heavy atom. The fourth-order valence-corrected chi connectivity index (χ4v) is 5.75. The van der Waals surface area contributed by atoms with Gasteiger partial charge in [0, 0.05) is 60.9 Å². The minimum atomic E-state index is -0.399. The number of piperazine rings is 1. The molecule has 1 aromatic carbocycles. The van der Waals surface area contributed by atoms with Gasteiger partial charge in [-0.2, -0.15) is 5.10 Å². The van der Waals surface area contributed by atoms with Crippen molar-refractivity contribution in [3.05, 3.63) is 85.2 Å². The largest absolute Gasteiger partial charge is 0.352 e. The van der Waals surface area contributed by atoms with Crippen molar-refractivity contribution >= 4 is 22.6 Å². The number of nitrogens with zero attached hydrogens (tertiary/aromatic N) is 8. The normalized spacial score (nSPS) is 18.3. The van der Waals surface area contributed by atoms with Gasteiger partial charge in [-0.15, -0.1) is 0 Å². The Morgan fingerprint density at radius 1 is 0.949 bits per heavy atom. The van der Waals surface area contributed by atoms with Crippen LogP contribution in [0.1, 0.15) is 12.1 Å². The molecule has 0 aliphatic carbocycles. The van der Waals surface area contributed by atoms with Crippen LogP contribution < -0.4 is 4.90 Å². The van der Waals surface area contributed by atoms with Crippen LogP contribution in [0.4, 0.5) is 10.2 Å². The average Bonchev–Trinajstić information content (AvgIpc) is 3.40. The lowest BCUT2D eigenvalue weighted by Gasteiger charge is -2.56. The fourth-order valence-electron chi connectivity index (χ4n) is 5.75. The standard InChI is InChI=1S/C29H25FN8O/c1-36-14-20(11-35-36)19-6-25(26-13-31-17-34-27(26)7-19)18-2-5-28(33-10-18)37-15-23-9-24(16-37)38(23)29(39)8-22-4-3-21(30)12-32-22/h2-7,10-14,17,23-24H,8-9,15-16H2,1H3. The number of hydrogen-bond donors (Lipinski definition) is 0. The summed E-state index contributed by atoms with van der Waals surface area (Å²) >= 11 is 0. The maximum absolute atomic E-state index is 13.2. The van der Waals surface area contributed by atoms with Crippen LogP contribution in [0.2, 0.25) is 0 Å². The Balaban J connectivity index is 1.10. The number of carbonyl (C=O) groups is 1. The zero-order chi connectivity index (χ0) is 26.5. The van der Waals surface area contributed by atoms with E-state index in [1.54, 1.807) is 17.1 Å². The third-order valence-electron chi connectivity index (χ3n) is 7.65. The number of anilines is 1. The van der Waals surface area contributed by atoms with Gasteiger partial charge in [0.2, 0.25) is 5.91 Å². The molecule has 2 bridgehead atoms. The van der Waals surface area contributed by atoms with Gasteiger partial charge in [-0.1, -0.05) is 0 Å². The Kier molecular flexibility index (Phi) is 5.54. The molecule has 3 aliphatic rings. The summed E-state index contributed by atoms with van der Waals surface area (Å²) in [4.78, 5) is 34.7. The topological polar surface area (TPSA) is 92.9 Å². The van der Waals surface area contributed by atoms with Crippen LogP contribution in [0.25, 0.3) is 33.2 Å². The predicted molar refractivity (Wildman–Crippen MR) is 144 cm³/mol. The van der Waals surface area contributed by atoms with E-state index >= 15 is 0 Å². The molecule has 4 aromatic heterocycles. The van der Waals surface area contributed by atoms with E-state index in [2.05, 4.69) is 43.1 Å². The van der Waals surface area contributed by atoms with Gasteiger partial charge < -0.3 is 9.80 Å². The molecule has 8 rings (SSSR count). The van der Waals surface area contributed by atoms with E-state index in [4.69, 9.17) is 4.98 Å². The smallest absolute Gasteiger partial charge is 0.229 e. The molecule has 39 heavy (non-hydrogen) atoms. The number of halogens is 1. The fraction of sp³-hybridized carbons (Fsp3) is 0.241. The first-order valence-corrected chi connectivity index (χ1v) is 12.9. The number of hydrogen-bond acceptors (Lipinski definition) is 7. The van der Waals surface area contributed by atoms with Crippen molar-refractivity contribution < 1.29 is 9.18 Å². The number of rotatable bonds is 5. The maximum atomic E-state index is 13.2. The van der Waals surface area contributed by atoms with E-state index in [-0.39, 0.29) is 24.4 Å². The predicted octanol–water partition coefficient (Wildman–Crippen LogP) is 3.66. The Hall–Kier alpha value is -4.73. The zero-order valence-corrected chi connectivity index (χ0v) is 21.3. The molecule has 5 aromatic rings. The molecular weight excluding hydrogens is 495 g/mol. The number of carbonyl (C=O) groups excluding carboxylic acids is 1. The SMILES string of the molecule is Cn1cc(-c2cc(-c3ccc(N4CC5CC(C4)N5C(=O)Cc4ccc(F)cn4)nc3)c3cncnc3c2)cn1. The first-order chi connectivity index (χ1) is 19.0. The lowest BCUT2D eigenvalue weighted by molar-refractivity contribution is -0.145. The van der Waals surface area contributed by atoms with E-state index in [1.807, 2.05) is 42.8 Å². The molecule has 10 heteroatoms. The summed E-state index contributed by atoms with van der Waals surface area (Å²) < 4.78 is 14.9. The summed E-state index contributed by atoms with van der Waals surface area (Å²) in [5, 5.41) is 5.28. The number of benzene rings is 1. The lowest BCUT2D eigenvalue weighted by Crippen LogP contribution is -2.70.